The smallest absolute Gasteiger partial charge is 0.255 e. The average Bonchev–Trinajstić information content (AvgIpc) is 2.59. The first-order valence-corrected chi connectivity index (χ1v) is 9.87. The Kier molecular flexibility index (Phi) is 6.24. The van der Waals surface area contributed by atoms with Crippen molar-refractivity contribution in [1.82, 2.24) is 10.2 Å². The number of rotatable bonds is 6. The molecule has 3 rings (SSSR count). The van der Waals surface area contributed by atoms with Crippen LogP contribution in [0, 0.1) is 11.8 Å². The first kappa shape index (κ1) is 18.5. The highest BCUT2D eigenvalue weighted by Crippen LogP contribution is 2.38. The molecule has 5 heteroatoms. The Morgan fingerprint density at radius 1 is 1.28 bits per heavy atom. The maximum atomic E-state index is 12.2. The number of nitrogens with one attached hydrogen (secondary N) is 1. The molecule has 1 saturated heterocycles. The number of amides is 1. The Balaban J connectivity index is 1.48. The van der Waals surface area contributed by atoms with Gasteiger partial charge in [0.25, 0.3) is 5.91 Å². The average molecular weight is 365 g/mol. The minimum absolute atomic E-state index is 0.0512. The van der Waals surface area contributed by atoms with Crippen LogP contribution in [0.3, 0.4) is 0 Å². The third-order valence-electron chi connectivity index (χ3n) is 5.61. The second-order valence-electron chi connectivity index (χ2n) is 7.47. The zero-order valence-electron chi connectivity index (χ0n) is 15.3. The molecule has 0 atom stereocenters. The van der Waals surface area contributed by atoms with E-state index in [0.717, 1.165) is 30.4 Å². The van der Waals surface area contributed by atoms with Crippen molar-refractivity contribution >= 4 is 17.5 Å². The van der Waals surface area contributed by atoms with Crippen molar-refractivity contribution in [2.24, 2.45) is 11.8 Å². The topological polar surface area (TPSA) is 41.6 Å². The van der Waals surface area contributed by atoms with E-state index in [4.69, 9.17) is 16.3 Å². The summed E-state index contributed by atoms with van der Waals surface area (Å²) in [5.74, 6) is 2.42. The fourth-order valence-corrected chi connectivity index (χ4v) is 4.09. The van der Waals surface area contributed by atoms with Crippen LogP contribution in [0.1, 0.15) is 49.4 Å². The van der Waals surface area contributed by atoms with Crippen molar-refractivity contribution in [1.29, 1.82) is 0 Å². The number of hydrogen-bond donors (Lipinski definition) is 1. The Hall–Kier alpha value is -1.26. The molecule has 2 aliphatic rings. The number of piperidine rings is 1. The van der Waals surface area contributed by atoms with Crippen LogP contribution in [0.2, 0.25) is 5.02 Å². The van der Waals surface area contributed by atoms with E-state index in [0.29, 0.717) is 23.2 Å². The first-order valence-electron chi connectivity index (χ1n) is 9.49. The van der Waals surface area contributed by atoms with Crippen LogP contribution in [-0.4, -0.2) is 43.6 Å². The summed E-state index contributed by atoms with van der Waals surface area (Å²) in [7, 11) is 1.78. The molecule has 0 radical (unpaired) electrons. The van der Waals surface area contributed by atoms with Crippen LogP contribution in [-0.2, 0) is 0 Å². The summed E-state index contributed by atoms with van der Waals surface area (Å²) in [5, 5.41) is 3.90. The van der Waals surface area contributed by atoms with Gasteiger partial charge >= 0.3 is 0 Å². The molecule has 0 spiro atoms. The van der Waals surface area contributed by atoms with Crippen molar-refractivity contribution in [2.45, 2.75) is 45.1 Å². The number of ether oxygens (including phenoxy) is 1. The summed E-state index contributed by atoms with van der Waals surface area (Å²) < 4.78 is 6.05. The quantitative estimate of drug-likeness (QED) is 0.830. The lowest BCUT2D eigenvalue weighted by Crippen LogP contribution is -2.36. The predicted molar refractivity (Wildman–Crippen MR) is 101 cm³/mol. The van der Waals surface area contributed by atoms with Gasteiger partial charge in [0.15, 0.2) is 0 Å². The first-order chi connectivity index (χ1) is 12.1. The molecule has 0 aromatic heterocycles. The standard InChI is InChI=1S/C20H29ClN2O2/c1-3-23(2)20(24)18-5-4-16(13-19(18)21)25-17-11-15(12-17)10-14-6-8-22-9-7-14/h4-5,13-15,17,22H,3,6-12H2,1-2H3. The summed E-state index contributed by atoms with van der Waals surface area (Å²) in [4.78, 5) is 13.9. The molecule has 1 heterocycles. The molecule has 1 aromatic rings. The van der Waals surface area contributed by atoms with Crippen LogP contribution in [0.5, 0.6) is 5.75 Å². The van der Waals surface area contributed by atoms with Gasteiger partial charge in [-0.15, -0.1) is 0 Å². The number of hydrogen-bond acceptors (Lipinski definition) is 3. The molecule has 1 N–H and O–H groups in total. The summed E-state index contributed by atoms with van der Waals surface area (Å²) in [6, 6.07) is 5.42. The molecule has 1 amide bonds. The van der Waals surface area contributed by atoms with Crippen molar-refractivity contribution in [3.8, 4) is 5.75 Å². The van der Waals surface area contributed by atoms with Gasteiger partial charge in [0, 0.05) is 13.6 Å². The predicted octanol–water partition coefficient (Wildman–Crippen LogP) is 3.98. The molecule has 0 unspecified atom stereocenters. The van der Waals surface area contributed by atoms with E-state index in [-0.39, 0.29) is 5.91 Å². The summed E-state index contributed by atoms with van der Waals surface area (Å²) >= 11 is 6.29. The van der Waals surface area contributed by atoms with Crippen molar-refractivity contribution in [3.63, 3.8) is 0 Å². The van der Waals surface area contributed by atoms with E-state index in [1.54, 1.807) is 24.1 Å². The van der Waals surface area contributed by atoms with E-state index >= 15 is 0 Å². The van der Waals surface area contributed by atoms with Crippen LogP contribution < -0.4 is 10.1 Å². The molecule has 1 saturated carbocycles. The van der Waals surface area contributed by atoms with Gasteiger partial charge in [0.2, 0.25) is 0 Å². The fraction of sp³-hybridized carbons (Fsp3) is 0.650. The molecule has 1 aliphatic carbocycles. The Morgan fingerprint density at radius 2 is 2.00 bits per heavy atom. The third-order valence-corrected chi connectivity index (χ3v) is 5.93. The summed E-state index contributed by atoms with van der Waals surface area (Å²) in [6.07, 6.45) is 6.56. The van der Waals surface area contributed by atoms with Crippen LogP contribution >= 0.6 is 11.6 Å². The third kappa shape index (κ3) is 4.68. The van der Waals surface area contributed by atoms with Gasteiger partial charge in [-0.3, -0.25) is 4.79 Å². The highest BCUT2D eigenvalue weighted by Gasteiger charge is 2.33. The molecule has 0 bridgehead atoms. The summed E-state index contributed by atoms with van der Waals surface area (Å²) in [6.45, 7) is 4.95. The maximum absolute atomic E-state index is 12.2. The van der Waals surface area contributed by atoms with E-state index in [1.807, 2.05) is 13.0 Å². The monoisotopic (exact) mass is 364 g/mol. The fourth-order valence-electron chi connectivity index (χ4n) is 3.84. The lowest BCUT2D eigenvalue weighted by atomic mass is 9.75. The Labute approximate surface area is 155 Å². The van der Waals surface area contributed by atoms with Crippen LogP contribution in [0.15, 0.2) is 18.2 Å². The lowest BCUT2D eigenvalue weighted by Gasteiger charge is -2.38. The minimum Gasteiger partial charge on any atom is -0.490 e. The number of benzene rings is 1. The maximum Gasteiger partial charge on any atom is 0.255 e. The van der Waals surface area contributed by atoms with Crippen molar-refractivity contribution in [3.05, 3.63) is 28.8 Å². The van der Waals surface area contributed by atoms with E-state index < -0.39 is 0 Å². The molecular formula is C20H29ClN2O2. The van der Waals surface area contributed by atoms with Gasteiger partial charge in [0.05, 0.1) is 16.7 Å². The lowest BCUT2D eigenvalue weighted by molar-refractivity contribution is 0.0490. The molecule has 138 valence electrons. The van der Waals surface area contributed by atoms with Gasteiger partial charge in [-0.05, 0) is 82.2 Å². The van der Waals surface area contributed by atoms with Gasteiger partial charge < -0.3 is 15.0 Å². The van der Waals surface area contributed by atoms with Gasteiger partial charge in [-0.1, -0.05) is 11.6 Å². The highest BCUT2D eigenvalue weighted by atomic mass is 35.5. The molecule has 4 nitrogen and oxygen atoms in total. The zero-order chi connectivity index (χ0) is 17.8. The van der Waals surface area contributed by atoms with Crippen LogP contribution in [0.4, 0.5) is 0 Å². The van der Waals surface area contributed by atoms with Crippen molar-refractivity contribution < 1.29 is 9.53 Å². The normalized spacial score (nSPS) is 23.8. The minimum atomic E-state index is -0.0512. The SMILES string of the molecule is CCN(C)C(=O)c1ccc(OC2CC(CC3CCNCC3)C2)cc1Cl. The van der Waals surface area contributed by atoms with E-state index in [2.05, 4.69) is 5.32 Å². The van der Waals surface area contributed by atoms with Crippen LogP contribution in [0.25, 0.3) is 0 Å². The Morgan fingerprint density at radius 3 is 2.64 bits per heavy atom. The Bertz CT molecular complexity index is 595. The number of halogens is 1. The number of carbonyl (C=O) groups excluding carboxylic acids is 1. The number of carbonyl (C=O) groups is 1. The molecular weight excluding hydrogens is 336 g/mol. The molecule has 2 fully saturated rings. The number of nitrogens with zero attached hydrogens (tertiary/aromatic N) is 1. The van der Waals surface area contributed by atoms with Crippen molar-refractivity contribution in [2.75, 3.05) is 26.7 Å². The van der Waals surface area contributed by atoms with Gasteiger partial charge in [-0.2, -0.15) is 0 Å². The van der Waals surface area contributed by atoms with E-state index in [9.17, 15) is 4.79 Å². The van der Waals surface area contributed by atoms with Gasteiger partial charge in [0.1, 0.15) is 5.75 Å². The van der Waals surface area contributed by atoms with E-state index in [1.165, 1.54) is 32.4 Å². The molecule has 1 aliphatic heterocycles. The highest BCUT2D eigenvalue weighted by molar-refractivity contribution is 6.34. The van der Waals surface area contributed by atoms with Gasteiger partial charge in [-0.25, -0.2) is 0 Å². The molecule has 1 aromatic carbocycles. The molecule has 25 heavy (non-hydrogen) atoms. The summed E-state index contributed by atoms with van der Waals surface area (Å²) in [5.41, 5.74) is 0.538. The largest absolute Gasteiger partial charge is 0.490 e. The zero-order valence-corrected chi connectivity index (χ0v) is 16.0. The second kappa shape index (κ2) is 8.41. The second-order valence-corrected chi connectivity index (χ2v) is 7.87.